The van der Waals surface area contributed by atoms with Gasteiger partial charge in [0.15, 0.2) is 0 Å². The van der Waals surface area contributed by atoms with Crippen molar-refractivity contribution in [1.29, 1.82) is 0 Å². The second-order valence-electron chi connectivity index (χ2n) is 7.37. The number of hydrogen-bond acceptors (Lipinski definition) is 2. The fraction of sp³-hybridized carbons (Fsp3) is 1.00. The molecule has 0 saturated heterocycles. The van der Waals surface area contributed by atoms with Crippen LogP contribution in [0.4, 0.5) is 0 Å². The van der Waals surface area contributed by atoms with Gasteiger partial charge in [-0.3, -0.25) is 0 Å². The lowest BCUT2D eigenvalue weighted by Gasteiger charge is -2.53. The molecule has 2 nitrogen and oxygen atoms in total. The van der Waals surface area contributed by atoms with Crippen molar-refractivity contribution < 1.29 is 9.78 Å². The minimum absolute atomic E-state index is 0.117. The van der Waals surface area contributed by atoms with Gasteiger partial charge in [-0.05, 0) is 23.7 Å². The second kappa shape index (κ2) is 6.91. The van der Waals surface area contributed by atoms with Crippen LogP contribution < -0.4 is 0 Å². The minimum Gasteiger partial charge on any atom is -0.237 e. The van der Waals surface area contributed by atoms with Gasteiger partial charge in [0.05, 0.1) is 13.2 Å². The smallest absolute Gasteiger partial charge is 0.0888 e. The van der Waals surface area contributed by atoms with Crippen LogP contribution in [-0.2, 0) is 9.78 Å². The normalized spacial score (nSPS) is 14.0. The molecule has 0 rings (SSSR count). The first-order valence-corrected chi connectivity index (χ1v) is 7.37. The number of unbranched alkanes of at least 4 members (excludes halogenated alkanes) is 1. The summed E-state index contributed by atoms with van der Waals surface area (Å²) in [5, 5.41) is 0. The third-order valence-corrected chi connectivity index (χ3v) is 4.44. The Bertz CT molecular complexity index is 206. The van der Waals surface area contributed by atoms with Gasteiger partial charge in [-0.25, -0.2) is 9.78 Å². The Morgan fingerprint density at radius 3 is 1.61 bits per heavy atom. The molecule has 0 aliphatic rings. The molecule has 18 heavy (non-hydrogen) atoms. The molecule has 0 fully saturated rings. The molecule has 0 spiro atoms. The van der Waals surface area contributed by atoms with Crippen molar-refractivity contribution in [2.45, 2.75) is 74.7 Å². The van der Waals surface area contributed by atoms with Crippen molar-refractivity contribution in [3.05, 3.63) is 0 Å². The fourth-order valence-corrected chi connectivity index (χ4v) is 3.13. The Balaban J connectivity index is 4.69. The van der Waals surface area contributed by atoms with E-state index in [4.69, 9.17) is 9.78 Å². The lowest BCUT2D eigenvalue weighted by molar-refractivity contribution is -0.326. The van der Waals surface area contributed by atoms with Crippen LogP contribution in [0.5, 0.6) is 0 Å². The Morgan fingerprint density at radius 1 is 0.778 bits per heavy atom. The summed E-state index contributed by atoms with van der Waals surface area (Å²) in [5.41, 5.74) is 0.494. The van der Waals surface area contributed by atoms with E-state index in [1.807, 2.05) is 0 Å². The summed E-state index contributed by atoms with van der Waals surface area (Å²) in [4.78, 5) is 10.9. The van der Waals surface area contributed by atoms with Gasteiger partial charge in [-0.2, -0.15) is 0 Å². The van der Waals surface area contributed by atoms with Gasteiger partial charge in [0.1, 0.15) is 0 Å². The molecule has 0 aromatic heterocycles. The molecule has 0 amide bonds. The SMILES string of the molecule is CCCCOOCC(CC)(C(C)(C)C)C(C)(C)C. The van der Waals surface area contributed by atoms with Crippen LogP contribution >= 0.6 is 0 Å². The van der Waals surface area contributed by atoms with Gasteiger partial charge < -0.3 is 0 Å². The highest BCUT2D eigenvalue weighted by Crippen LogP contribution is 2.53. The predicted molar refractivity (Wildman–Crippen MR) is 78.4 cm³/mol. The largest absolute Gasteiger partial charge is 0.237 e. The van der Waals surface area contributed by atoms with Gasteiger partial charge in [0.2, 0.25) is 0 Å². The van der Waals surface area contributed by atoms with E-state index in [1.165, 1.54) is 0 Å². The average molecular weight is 258 g/mol. The van der Waals surface area contributed by atoms with Crippen LogP contribution in [-0.4, -0.2) is 13.2 Å². The van der Waals surface area contributed by atoms with E-state index in [2.05, 4.69) is 55.4 Å². The Hall–Kier alpha value is -0.0800. The zero-order valence-corrected chi connectivity index (χ0v) is 13.9. The Morgan fingerprint density at radius 2 is 1.28 bits per heavy atom. The van der Waals surface area contributed by atoms with Crippen molar-refractivity contribution in [2.24, 2.45) is 16.2 Å². The van der Waals surface area contributed by atoms with Crippen LogP contribution in [0, 0.1) is 16.2 Å². The van der Waals surface area contributed by atoms with Gasteiger partial charge in [0, 0.05) is 5.41 Å². The lowest BCUT2D eigenvalue weighted by Crippen LogP contribution is -2.49. The molecule has 0 aromatic carbocycles. The first-order valence-electron chi connectivity index (χ1n) is 7.37. The third-order valence-electron chi connectivity index (χ3n) is 4.44. The van der Waals surface area contributed by atoms with Crippen LogP contribution in [0.1, 0.15) is 74.7 Å². The zero-order valence-electron chi connectivity index (χ0n) is 13.9. The number of hydrogen-bond donors (Lipinski definition) is 0. The van der Waals surface area contributed by atoms with E-state index in [0.717, 1.165) is 19.3 Å². The van der Waals surface area contributed by atoms with E-state index >= 15 is 0 Å². The summed E-state index contributed by atoms with van der Waals surface area (Å²) in [7, 11) is 0. The molecule has 0 unspecified atom stereocenters. The van der Waals surface area contributed by atoms with Crippen LogP contribution in [0.3, 0.4) is 0 Å². The molecule has 110 valence electrons. The highest BCUT2D eigenvalue weighted by molar-refractivity contribution is 4.97. The van der Waals surface area contributed by atoms with E-state index in [9.17, 15) is 0 Å². The Labute approximate surface area is 114 Å². The molecule has 0 bridgehead atoms. The van der Waals surface area contributed by atoms with Crippen LogP contribution in [0.15, 0.2) is 0 Å². The molecule has 2 heteroatoms. The van der Waals surface area contributed by atoms with Crippen molar-refractivity contribution in [2.75, 3.05) is 13.2 Å². The van der Waals surface area contributed by atoms with Gasteiger partial charge in [-0.1, -0.05) is 61.8 Å². The first-order chi connectivity index (χ1) is 8.12. The molecular weight excluding hydrogens is 224 g/mol. The lowest BCUT2D eigenvalue weighted by atomic mass is 9.53. The molecular formula is C16H34O2. The Kier molecular flexibility index (Phi) is 6.87. The molecule has 0 radical (unpaired) electrons. The third kappa shape index (κ3) is 4.24. The molecule has 0 N–H and O–H groups in total. The highest BCUT2D eigenvalue weighted by atomic mass is 17.2. The van der Waals surface area contributed by atoms with E-state index in [1.54, 1.807) is 0 Å². The molecule has 0 heterocycles. The predicted octanol–water partition coefficient (Wildman–Crippen LogP) is 5.22. The molecule has 0 saturated carbocycles. The van der Waals surface area contributed by atoms with Crippen molar-refractivity contribution in [3.63, 3.8) is 0 Å². The molecule has 0 aromatic rings. The average Bonchev–Trinajstić information content (AvgIpc) is 2.19. The fourth-order valence-electron chi connectivity index (χ4n) is 3.13. The second-order valence-corrected chi connectivity index (χ2v) is 7.37. The van der Waals surface area contributed by atoms with E-state index < -0.39 is 0 Å². The van der Waals surface area contributed by atoms with Crippen molar-refractivity contribution in [3.8, 4) is 0 Å². The first kappa shape index (κ1) is 17.9. The summed E-state index contributed by atoms with van der Waals surface area (Å²) < 4.78 is 0. The minimum atomic E-state index is 0.117. The monoisotopic (exact) mass is 258 g/mol. The van der Waals surface area contributed by atoms with Gasteiger partial charge in [-0.15, -0.1) is 0 Å². The van der Waals surface area contributed by atoms with Gasteiger partial charge in [0.25, 0.3) is 0 Å². The maximum atomic E-state index is 5.55. The molecule has 0 aliphatic heterocycles. The summed E-state index contributed by atoms with van der Waals surface area (Å²) >= 11 is 0. The topological polar surface area (TPSA) is 18.5 Å². The number of rotatable bonds is 7. The zero-order chi connectivity index (χ0) is 14.4. The summed E-state index contributed by atoms with van der Waals surface area (Å²) in [6.45, 7) is 19.6. The molecule has 0 aliphatic carbocycles. The summed E-state index contributed by atoms with van der Waals surface area (Å²) in [5.74, 6) is 0. The quantitative estimate of drug-likeness (QED) is 0.354. The maximum absolute atomic E-state index is 5.55. The van der Waals surface area contributed by atoms with Crippen LogP contribution in [0.2, 0.25) is 0 Å². The van der Waals surface area contributed by atoms with Crippen LogP contribution in [0.25, 0.3) is 0 Å². The van der Waals surface area contributed by atoms with E-state index in [-0.39, 0.29) is 16.2 Å². The summed E-state index contributed by atoms with van der Waals surface area (Å²) in [6, 6.07) is 0. The molecule has 0 atom stereocenters. The maximum Gasteiger partial charge on any atom is 0.0888 e. The van der Waals surface area contributed by atoms with Gasteiger partial charge >= 0.3 is 0 Å². The van der Waals surface area contributed by atoms with Crippen molar-refractivity contribution >= 4 is 0 Å². The standard InChI is InChI=1S/C16H34O2/c1-9-11-12-17-18-13-16(10-2,14(3,4)5)15(6,7)8/h9-13H2,1-8H3. The highest BCUT2D eigenvalue weighted by Gasteiger charge is 2.49. The van der Waals surface area contributed by atoms with E-state index in [0.29, 0.717) is 13.2 Å². The summed E-state index contributed by atoms with van der Waals surface area (Å²) in [6.07, 6.45) is 3.29. The van der Waals surface area contributed by atoms with Crippen molar-refractivity contribution in [1.82, 2.24) is 0 Å².